The smallest absolute Gasteiger partial charge is 0.315 e. The zero-order valence-corrected chi connectivity index (χ0v) is 12.6. The van der Waals surface area contributed by atoms with Gasteiger partial charge in [-0.3, -0.25) is 4.79 Å². The number of carboxylic acid groups (broad SMARTS) is 1. The number of carbonyl (C=O) groups excluding carboxylic acids is 1. The molecule has 0 heterocycles. The van der Waals surface area contributed by atoms with Crippen LogP contribution in [0.4, 0.5) is 4.79 Å². The van der Waals surface area contributed by atoms with Gasteiger partial charge in [0.2, 0.25) is 0 Å². The normalized spacial score (nSPS) is 22.3. The van der Waals surface area contributed by atoms with Crippen molar-refractivity contribution >= 4 is 12.0 Å². The molecule has 4 N–H and O–H groups in total. The lowest BCUT2D eigenvalue weighted by molar-refractivity contribution is -0.137. The molecule has 6 nitrogen and oxygen atoms in total. The number of amides is 2. The highest BCUT2D eigenvalue weighted by molar-refractivity contribution is 5.74. The van der Waals surface area contributed by atoms with Gasteiger partial charge in [0.05, 0.1) is 12.1 Å². The molecule has 0 saturated heterocycles. The van der Waals surface area contributed by atoms with E-state index in [0.29, 0.717) is 13.0 Å². The first-order valence-corrected chi connectivity index (χ1v) is 8.04. The number of aliphatic carboxylic acids is 1. The highest BCUT2D eigenvalue weighted by Gasteiger charge is 2.22. The topological polar surface area (TPSA) is 98.7 Å². The monoisotopic (exact) mass is 300 g/mol. The van der Waals surface area contributed by atoms with Gasteiger partial charge in [-0.25, -0.2) is 4.79 Å². The average Bonchev–Trinajstić information content (AvgIpc) is 2.63. The second kappa shape index (κ2) is 10.4. The average molecular weight is 300 g/mol. The molecule has 1 aliphatic carbocycles. The van der Waals surface area contributed by atoms with E-state index in [-0.39, 0.29) is 18.5 Å². The van der Waals surface area contributed by atoms with Crippen molar-refractivity contribution < 1.29 is 19.8 Å². The summed E-state index contributed by atoms with van der Waals surface area (Å²) in [5.74, 6) is -0.755. The summed E-state index contributed by atoms with van der Waals surface area (Å²) in [6.07, 6.45) is 7.89. The van der Waals surface area contributed by atoms with Gasteiger partial charge in [-0.15, -0.1) is 0 Å². The number of aliphatic hydroxyl groups excluding tert-OH is 1. The molecule has 0 radical (unpaired) electrons. The summed E-state index contributed by atoms with van der Waals surface area (Å²) in [4.78, 5) is 22.1. The van der Waals surface area contributed by atoms with Gasteiger partial charge in [-0.1, -0.05) is 32.1 Å². The Morgan fingerprint density at radius 2 is 1.71 bits per heavy atom. The molecule has 2 atom stereocenters. The van der Waals surface area contributed by atoms with Gasteiger partial charge in [0.15, 0.2) is 0 Å². The van der Waals surface area contributed by atoms with Crippen LogP contribution < -0.4 is 10.6 Å². The lowest BCUT2D eigenvalue weighted by Gasteiger charge is -2.21. The molecular formula is C15H28N2O4. The Morgan fingerprint density at radius 1 is 1.00 bits per heavy atom. The van der Waals surface area contributed by atoms with E-state index in [4.69, 9.17) is 5.11 Å². The Morgan fingerprint density at radius 3 is 2.48 bits per heavy atom. The van der Waals surface area contributed by atoms with Crippen LogP contribution in [0.1, 0.15) is 64.2 Å². The van der Waals surface area contributed by atoms with Crippen molar-refractivity contribution in [2.24, 2.45) is 0 Å². The number of hydrogen-bond acceptors (Lipinski definition) is 3. The highest BCUT2D eigenvalue weighted by Crippen LogP contribution is 2.17. The van der Waals surface area contributed by atoms with Crippen molar-refractivity contribution in [3.63, 3.8) is 0 Å². The van der Waals surface area contributed by atoms with Crippen LogP contribution in [0.5, 0.6) is 0 Å². The lowest BCUT2D eigenvalue weighted by Crippen LogP contribution is -2.47. The molecule has 21 heavy (non-hydrogen) atoms. The molecule has 1 rings (SSSR count). The van der Waals surface area contributed by atoms with Crippen molar-refractivity contribution in [2.75, 3.05) is 6.54 Å². The van der Waals surface area contributed by atoms with Crippen LogP contribution >= 0.6 is 0 Å². The van der Waals surface area contributed by atoms with Crippen LogP contribution in [0, 0.1) is 0 Å². The van der Waals surface area contributed by atoms with E-state index in [1.807, 2.05) is 0 Å². The molecule has 0 aliphatic heterocycles. The molecule has 6 heteroatoms. The summed E-state index contributed by atoms with van der Waals surface area (Å²) >= 11 is 0. The van der Waals surface area contributed by atoms with Crippen molar-refractivity contribution in [1.82, 2.24) is 10.6 Å². The standard InChI is InChI=1S/C15H28N2O4/c18-13-9-5-3-4-8-12(13)17-15(21)16-11-7-2-1-6-10-14(19)20/h12-13,18H,1-11H2,(H,19,20)(H2,16,17,21). The fourth-order valence-electron chi connectivity index (χ4n) is 2.63. The quantitative estimate of drug-likeness (QED) is 0.407. The molecule has 0 aromatic carbocycles. The summed E-state index contributed by atoms with van der Waals surface area (Å²) in [5, 5.41) is 24.1. The Hall–Kier alpha value is -1.30. The molecule has 0 bridgehead atoms. The number of urea groups is 1. The van der Waals surface area contributed by atoms with Gasteiger partial charge < -0.3 is 20.8 Å². The minimum atomic E-state index is -0.755. The van der Waals surface area contributed by atoms with Crippen LogP contribution in [-0.4, -0.2) is 40.9 Å². The molecule has 1 saturated carbocycles. The number of rotatable bonds is 8. The molecule has 2 unspecified atom stereocenters. The van der Waals surface area contributed by atoms with Crippen molar-refractivity contribution in [1.29, 1.82) is 0 Å². The first-order chi connectivity index (χ1) is 10.1. The number of unbranched alkanes of at least 4 members (excludes halogenated alkanes) is 3. The van der Waals surface area contributed by atoms with Crippen molar-refractivity contribution in [3.8, 4) is 0 Å². The van der Waals surface area contributed by atoms with Crippen LogP contribution in [0.25, 0.3) is 0 Å². The van der Waals surface area contributed by atoms with Crippen molar-refractivity contribution in [2.45, 2.75) is 76.4 Å². The van der Waals surface area contributed by atoms with Crippen LogP contribution in [0.15, 0.2) is 0 Å². The Kier molecular flexibility index (Phi) is 8.82. The van der Waals surface area contributed by atoms with Crippen LogP contribution in [-0.2, 0) is 4.79 Å². The molecule has 122 valence electrons. The van der Waals surface area contributed by atoms with E-state index in [9.17, 15) is 14.7 Å². The highest BCUT2D eigenvalue weighted by atomic mass is 16.4. The molecule has 0 aromatic heterocycles. The first kappa shape index (κ1) is 17.8. The number of carbonyl (C=O) groups is 2. The minimum Gasteiger partial charge on any atom is -0.481 e. The van der Waals surface area contributed by atoms with Crippen LogP contribution in [0.2, 0.25) is 0 Å². The predicted molar refractivity (Wildman–Crippen MR) is 80.1 cm³/mol. The summed E-state index contributed by atoms with van der Waals surface area (Å²) < 4.78 is 0. The SMILES string of the molecule is O=C(O)CCCCCCNC(=O)NC1CCCCCC1O. The van der Waals surface area contributed by atoms with Crippen molar-refractivity contribution in [3.05, 3.63) is 0 Å². The minimum absolute atomic E-state index is 0.136. The molecule has 1 aliphatic rings. The second-order valence-corrected chi connectivity index (χ2v) is 5.77. The largest absolute Gasteiger partial charge is 0.481 e. The van der Waals surface area contributed by atoms with E-state index >= 15 is 0 Å². The summed E-state index contributed by atoms with van der Waals surface area (Å²) in [6.45, 7) is 0.585. The Bertz CT molecular complexity index is 323. The maximum atomic E-state index is 11.7. The van der Waals surface area contributed by atoms with Gasteiger partial charge in [-0.05, 0) is 25.7 Å². The molecule has 0 aromatic rings. The number of nitrogens with one attached hydrogen (secondary N) is 2. The fourth-order valence-corrected chi connectivity index (χ4v) is 2.63. The van der Waals surface area contributed by atoms with E-state index in [2.05, 4.69) is 10.6 Å². The third kappa shape index (κ3) is 8.55. The molecular weight excluding hydrogens is 272 g/mol. The number of hydrogen-bond donors (Lipinski definition) is 4. The number of aliphatic hydroxyl groups is 1. The summed E-state index contributed by atoms with van der Waals surface area (Å²) in [5.41, 5.74) is 0. The van der Waals surface area contributed by atoms with E-state index in [1.165, 1.54) is 0 Å². The molecule has 1 fully saturated rings. The molecule has 2 amide bonds. The Labute approximate surface area is 126 Å². The second-order valence-electron chi connectivity index (χ2n) is 5.77. The van der Waals surface area contributed by atoms with Gasteiger partial charge >= 0.3 is 12.0 Å². The van der Waals surface area contributed by atoms with Gasteiger partial charge in [-0.2, -0.15) is 0 Å². The third-order valence-corrected chi connectivity index (χ3v) is 3.90. The zero-order valence-electron chi connectivity index (χ0n) is 12.6. The van der Waals surface area contributed by atoms with Gasteiger partial charge in [0.25, 0.3) is 0 Å². The van der Waals surface area contributed by atoms with E-state index in [1.54, 1.807) is 0 Å². The third-order valence-electron chi connectivity index (χ3n) is 3.90. The van der Waals surface area contributed by atoms with Crippen LogP contribution in [0.3, 0.4) is 0 Å². The first-order valence-electron chi connectivity index (χ1n) is 8.04. The lowest BCUT2D eigenvalue weighted by atomic mass is 10.1. The van der Waals surface area contributed by atoms with Gasteiger partial charge in [0, 0.05) is 13.0 Å². The summed E-state index contributed by atoms with van der Waals surface area (Å²) in [7, 11) is 0. The predicted octanol–water partition coefficient (Wildman–Crippen LogP) is 2.01. The Balaban J connectivity index is 2.04. The van der Waals surface area contributed by atoms with Gasteiger partial charge in [0.1, 0.15) is 0 Å². The summed E-state index contributed by atoms with van der Waals surface area (Å²) in [6, 6.07) is -0.352. The fraction of sp³-hybridized carbons (Fsp3) is 0.867. The molecule has 0 spiro atoms. The zero-order chi connectivity index (χ0) is 15.5. The van der Waals surface area contributed by atoms with E-state index in [0.717, 1.165) is 51.4 Å². The maximum Gasteiger partial charge on any atom is 0.315 e. The number of carboxylic acids is 1. The van der Waals surface area contributed by atoms with E-state index < -0.39 is 12.1 Å². The maximum absolute atomic E-state index is 11.7.